The van der Waals surface area contributed by atoms with Crippen LogP contribution in [0.3, 0.4) is 0 Å². The molecule has 0 saturated carbocycles. The van der Waals surface area contributed by atoms with Crippen molar-refractivity contribution in [2.75, 3.05) is 6.61 Å². The third kappa shape index (κ3) is 3.86. The molecule has 3 heteroatoms. The molecule has 0 aliphatic rings. The molecule has 0 amide bonds. The number of carbonyl (C=O) groups is 1. The number of hydrogen-bond donors (Lipinski definition) is 1. The summed E-state index contributed by atoms with van der Waals surface area (Å²) in [5.74, 6) is 0.267. The molecule has 0 unspecified atom stereocenters. The maximum Gasteiger partial charge on any atom is 0.312 e. The fraction of sp³-hybridized carbons (Fsp3) is 0.500. The Bertz CT molecular complexity index is 374. The van der Waals surface area contributed by atoms with E-state index in [0.717, 1.165) is 5.56 Å². The predicted molar refractivity (Wildman–Crippen MR) is 67.4 cm³/mol. The minimum atomic E-state index is -0.175. The van der Waals surface area contributed by atoms with Crippen LogP contribution in [0, 0.1) is 0 Å². The number of benzene rings is 1. The number of rotatable bonds is 5. The molecular weight excluding hydrogens is 214 g/mol. The maximum absolute atomic E-state index is 11.4. The molecule has 1 rings (SSSR count). The normalized spacial score (nSPS) is 12.5. The highest BCUT2D eigenvalue weighted by molar-refractivity contribution is 5.70. The van der Waals surface area contributed by atoms with Gasteiger partial charge in [0.25, 0.3) is 0 Å². The lowest BCUT2D eigenvalue weighted by molar-refractivity contribution is -0.426. The molecule has 0 radical (unpaired) electrons. The second kappa shape index (κ2) is 6.40. The van der Waals surface area contributed by atoms with E-state index >= 15 is 0 Å². The number of carbonyl (C=O) groups excluding carboxylic acids is 1. The van der Waals surface area contributed by atoms with Crippen LogP contribution in [0.4, 0.5) is 0 Å². The van der Waals surface area contributed by atoms with Crippen molar-refractivity contribution in [2.45, 2.75) is 39.2 Å². The van der Waals surface area contributed by atoms with E-state index in [-0.39, 0.29) is 12.0 Å². The average Bonchev–Trinajstić information content (AvgIpc) is 2.29. The standard InChI is InChI=1S/C14H21NO2/c1-4-17-14(16)9-13(15)12-8-6-5-7-11(12)10(2)3/h5-8,10,13H,4,9,15H2,1-3H3/p+1/t13-/m1/s1. The second-order valence-corrected chi connectivity index (χ2v) is 4.49. The Morgan fingerprint density at radius 1 is 1.29 bits per heavy atom. The molecule has 0 aromatic heterocycles. The van der Waals surface area contributed by atoms with E-state index in [9.17, 15) is 4.79 Å². The SMILES string of the molecule is CCOC(=O)C[C@@H]([NH3+])c1ccccc1C(C)C. The average molecular weight is 236 g/mol. The lowest BCUT2D eigenvalue weighted by atomic mass is 9.92. The van der Waals surface area contributed by atoms with Gasteiger partial charge in [0, 0.05) is 5.56 Å². The molecule has 0 saturated heterocycles. The summed E-state index contributed by atoms with van der Waals surface area (Å²) in [6.45, 7) is 6.54. The number of ether oxygens (including phenoxy) is 1. The van der Waals surface area contributed by atoms with E-state index in [0.29, 0.717) is 18.9 Å². The molecule has 0 aliphatic heterocycles. The summed E-state index contributed by atoms with van der Waals surface area (Å²) in [6, 6.07) is 8.13. The van der Waals surface area contributed by atoms with Gasteiger partial charge >= 0.3 is 5.97 Å². The molecule has 0 bridgehead atoms. The van der Waals surface area contributed by atoms with Gasteiger partial charge in [-0.25, -0.2) is 0 Å². The molecule has 1 aromatic carbocycles. The maximum atomic E-state index is 11.4. The van der Waals surface area contributed by atoms with Crippen LogP contribution >= 0.6 is 0 Å². The smallest absolute Gasteiger partial charge is 0.312 e. The zero-order chi connectivity index (χ0) is 12.8. The van der Waals surface area contributed by atoms with Crippen LogP contribution in [-0.2, 0) is 9.53 Å². The van der Waals surface area contributed by atoms with Crippen molar-refractivity contribution >= 4 is 5.97 Å². The molecular formula is C14H22NO2+. The zero-order valence-corrected chi connectivity index (χ0v) is 10.9. The van der Waals surface area contributed by atoms with Crippen molar-refractivity contribution in [2.24, 2.45) is 0 Å². The molecule has 1 aromatic rings. The van der Waals surface area contributed by atoms with E-state index in [1.165, 1.54) is 5.56 Å². The molecule has 0 aliphatic carbocycles. The van der Waals surface area contributed by atoms with Crippen LogP contribution in [-0.4, -0.2) is 12.6 Å². The summed E-state index contributed by atoms with van der Waals surface area (Å²) in [4.78, 5) is 11.4. The summed E-state index contributed by atoms with van der Waals surface area (Å²) in [6.07, 6.45) is 0.345. The monoisotopic (exact) mass is 236 g/mol. The first kappa shape index (κ1) is 13.7. The summed E-state index contributed by atoms with van der Waals surface area (Å²) in [5, 5.41) is 0. The van der Waals surface area contributed by atoms with E-state index < -0.39 is 0 Å². The number of esters is 1. The molecule has 1 atom stereocenters. The Morgan fingerprint density at radius 2 is 1.88 bits per heavy atom. The van der Waals surface area contributed by atoms with Crippen molar-refractivity contribution in [3.63, 3.8) is 0 Å². The summed E-state index contributed by atoms with van der Waals surface area (Å²) in [5.41, 5.74) is 6.48. The summed E-state index contributed by atoms with van der Waals surface area (Å²) in [7, 11) is 0. The van der Waals surface area contributed by atoms with Gasteiger partial charge in [0.2, 0.25) is 0 Å². The van der Waals surface area contributed by atoms with Gasteiger partial charge in [0.15, 0.2) is 0 Å². The summed E-state index contributed by atoms with van der Waals surface area (Å²) >= 11 is 0. The highest BCUT2D eigenvalue weighted by Crippen LogP contribution is 2.24. The van der Waals surface area contributed by atoms with Crippen LogP contribution < -0.4 is 5.73 Å². The van der Waals surface area contributed by atoms with Gasteiger partial charge < -0.3 is 10.5 Å². The number of hydrogen-bond acceptors (Lipinski definition) is 2. The molecule has 0 spiro atoms. The van der Waals surface area contributed by atoms with Crippen molar-refractivity contribution in [1.82, 2.24) is 0 Å². The van der Waals surface area contributed by atoms with Crippen LogP contribution in [0.1, 0.15) is 50.3 Å². The van der Waals surface area contributed by atoms with Crippen LogP contribution in [0.15, 0.2) is 24.3 Å². The topological polar surface area (TPSA) is 53.9 Å². The van der Waals surface area contributed by atoms with Gasteiger partial charge in [0.1, 0.15) is 12.5 Å². The Labute approximate surface area is 103 Å². The Morgan fingerprint density at radius 3 is 2.41 bits per heavy atom. The summed E-state index contributed by atoms with van der Waals surface area (Å²) < 4.78 is 4.96. The molecule has 0 heterocycles. The molecule has 0 fully saturated rings. The van der Waals surface area contributed by atoms with Crippen LogP contribution in [0.25, 0.3) is 0 Å². The first-order chi connectivity index (χ1) is 8.06. The van der Waals surface area contributed by atoms with Gasteiger partial charge in [-0.3, -0.25) is 4.79 Å². The second-order valence-electron chi connectivity index (χ2n) is 4.49. The molecule has 17 heavy (non-hydrogen) atoms. The quantitative estimate of drug-likeness (QED) is 0.795. The van der Waals surface area contributed by atoms with Crippen molar-refractivity contribution in [1.29, 1.82) is 0 Å². The van der Waals surface area contributed by atoms with E-state index in [1.54, 1.807) is 0 Å². The lowest BCUT2D eigenvalue weighted by Gasteiger charge is -2.15. The van der Waals surface area contributed by atoms with Gasteiger partial charge in [-0.2, -0.15) is 0 Å². The Balaban J connectivity index is 2.81. The minimum Gasteiger partial charge on any atom is -0.466 e. The van der Waals surface area contributed by atoms with Crippen LogP contribution in [0.2, 0.25) is 0 Å². The third-order valence-electron chi connectivity index (χ3n) is 2.78. The fourth-order valence-electron chi connectivity index (χ4n) is 1.94. The Hall–Kier alpha value is -1.35. The molecule has 3 N–H and O–H groups in total. The highest BCUT2D eigenvalue weighted by atomic mass is 16.5. The van der Waals surface area contributed by atoms with Gasteiger partial charge in [-0.05, 0) is 18.4 Å². The largest absolute Gasteiger partial charge is 0.466 e. The van der Waals surface area contributed by atoms with Gasteiger partial charge in [-0.15, -0.1) is 0 Å². The third-order valence-corrected chi connectivity index (χ3v) is 2.78. The van der Waals surface area contributed by atoms with Crippen molar-refractivity contribution < 1.29 is 15.3 Å². The predicted octanol–water partition coefficient (Wildman–Crippen LogP) is 2.05. The lowest BCUT2D eigenvalue weighted by Crippen LogP contribution is -2.54. The minimum absolute atomic E-state index is 0.0346. The molecule has 3 nitrogen and oxygen atoms in total. The Kier molecular flexibility index (Phi) is 5.16. The highest BCUT2D eigenvalue weighted by Gasteiger charge is 2.19. The van der Waals surface area contributed by atoms with E-state index in [4.69, 9.17) is 4.74 Å². The first-order valence-corrected chi connectivity index (χ1v) is 6.13. The zero-order valence-electron chi connectivity index (χ0n) is 10.9. The van der Waals surface area contributed by atoms with E-state index in [1.807, 2.05) is 25.1 Å². The van der Waals surface area contributed by atoms with Gasteiger partial charge in [0.05, 0.1) is 6.61 Å². The van der Waals surface area contributed by atoms with Crippen LogP contribution in [0.5, 0.6) is 0 Å². The van der Waals surface area contributed by atoms with Crippen molar-refractivity contribution in [3.05, 3.63) is 35.4 Å². The number of quaternary nitrogens is 1. The first-order valence-electron chi connectivity index (χ1n) is 6.13. The van der Waals surface area contributed by atoms with Crippen molar-refractivity contribution in [3.8, 4) is 0 Å². The van der Waals surface area contributed by atoms with Gasteiger partial charge in [-0.1, -0.05) is 38.1 Å². The fourth-order valence-corrected chi connectivity index (χ4v) is 1.94. The molecule has 94 valence electrons. The van der Waals surface area contributed by atoms with E-state index in [2.05, 4.69) is 25.6 Å².